The van der Waals surface area contributed by atoms with E-state index in [1.165, 1.54) is 0 Å². The monoisotopic (exact) mass is 626 g/mol. The van der Waals surface area contributed by atoms with Gasteiger partial charge in [-0.05, 0) is 52.8 Å². The molecule has 1 fully saturated rings. The summed E-state index contributed by atoms with van der Waals surface area (Å²) in [7, 11) is 0. The Balaban J connectivity index is 1.48. The average molecular weight is 627 g/mol. The summed E-state index contributed by atoms with van der Waals surface area (Å²) in [4.78, 5) is 13.3. The molecule has 1 heterocycles. The van der Waals surface area contributed by atoms with Gasteiger partial charge in [-0.15, -0.1) is 12.6 Å². The molecule has 0 saturated carbocycles. The van der Waals surface area contributed by atoms with E-state index in [1.807, 2.05) is 73.7 Å². The largest absolute Gasteiger partial charge is 0.484 e. The number of aryl methyl sites for hydroxylation is 1. The molecular weight excluding hydrogens is 584 g/mol. The van der Waals surface area contributed by atoms with Crippen molar-refractivity contribution in [1.82, 2.24) is 0 Å². The number of hydrogen-bond acceptors (Lipinski definition) is 7. The summed E-state index contributed by atoms with van der Waals surface area (Å²) in [6.07, 6.45) is -2.85. The van der Waals surface area contributed by atoms with Crippen LogP contribution in [0.1, 0.15) is 53.4 Å². The third kappa shape index (κ3) is 8.76. The van der Waals surface area contributed by atoms with Crippen LogP contribution in [0.25, 0.3) is 0 Å². The van der Waals surface area contributed by atoms with Crippen molar-refractivity contribution in [2.24, 2.45) is 0 Å². The number of rotatable bonds is 11. The summed E-state index contributed by atoms with van der Waals surface area (Å²) in [6.45, 7) is 9.43. The van der Waals surface area contributed by atoms with Crippen molar-refractivity contribution >= 4 is 18.6 Å². The molecule has 45 heavy (non-hydrogen) atoms. The topological polar surface area (TPSA) is 63.2 Å². The third-order valence-electron chi connectivity index (χ3n) is 7.86. The fourth-order valence-electron chi connectivity index (χ4n) is 5.23. The van der Waals surface area contributed by atoms with Gasteiger partial charge in [0.2, 0.25) is 0 Å². The SMILES string of the molecule is Cc1ccc(C(C)(C)C)cc1O[C@H]1[C@H](OCc2ccccc2)[C@@H](OC(=O)c2ccccc2)[C@H](S)O[C@@H]1COCc1ccccc1. The molecule has 0 amide bonds. The normalized spacial score (nSPS) is 21.7. The molecule has 0 N–H and O–H groups in total. The highest BCUT2D eigenvalue weighted by Crippen LogP contribution is 2.35. The second-order valence-corrected chi connectivity index (χ2v) is 12.9. The molecule has 5 atom stereocenters. The first-order valence-corrected chi connectivity index (χ1v) is 15.9. The number of hydrogen-bond donors (Lipinski definition) is 1. The maximum absolute atomic E-state index is 13.3. The predicted octanol–water partition coefficient (Wildman–Crippen LogP) is 7.72. The maximum atomic E-state index is 13.3. The molecule has 0 bridgehead atoms. The molecule has 1 aliphatic rings. The third-order valence-corrected chi connectivity index (χ3v) is 8.27. The average Bonchev–Trinajstić information content (AvgIpc) is 3.04. The van der Waals surface area contributed by atoms with E-state index >= 15 is 0 Å². The van der Waals surface area contributed by atoms with Crippen LogP contribution in [0.4, 0.5) is 0 Å². The van der Waals surface area contributed by atoms with Crippen LogP contribution < -0.4 is 4.74 Å². The van der Waals surface area contributed by atoms with Crippen LogP contribution in [-0.2, 0) is 37.6 Å². The smallest absolute Gasteiger partial charge is 0.338 e. The van der Waals surface area contributed by atoms with Crippen molar-refractivity contribution in [3.63, 3.8) is 0 Å². The van der Waals surface area contributed by atoms with E-state index < -0.39 is 35.8 Å². The molecule has 4 aromatic rings. The minimum absolute atomic E-state index is 0.0831. The standard InChI is InChI=1S/C38H42O6S/c1-26-20-21-30(38(2,3)4)22-31(26)42-33-32(25-40-23-27-14-8-5-9-15-27)43-37(45)35(44-36(39)29-18-12-7-13-19-29)34(33)41-24-28-16-10-6-11-17-28/h5-22,32-35,37,45H,23-25H2,1-4H3/t32-,33-,34+,35-,37+/m1/s1. The van der Waals surface area contributed by atoms with Crippen molar-refractivity contribution in [1.29, 1.82) is 0 Å². The molecule has 1 saturated heterocycles. The van der Waals surface area contributed by atoms with Gasteiger partial charge in [0.25, 0.3) is 0 Å². The summed E-state index contributed by atoms with van der Waals surface area (Å²) in [6, 6.07) is 35.0. The Morgan fingerprint density at radius 1 is 0.778 bits per heavy atom. The van der Waals surface area contributed by atoms with Gasteiger partial charge in [-0.25, -0.2) is 4.79 Å². The van der Waals surface area contributed by atoms with E-state index in [2.05, 4.69) is 39.0 Å². The number of thiol groups is 1. The van der Waals surface area contributed by atoms with Crippen LogP contribution in [0.5, 0.6) is 5.75 Å². The van der Waals surface area contributed by atoms with Crippen LogP contribution in [0, 0.1) is 6.92 Å². The van der Waals surface area contributed by atoms with Crippen LogP contribution in [0.3, 0.4) is 0 Å². The van der Waals surface area contributed by atoms with E-state index in [-0.39, 0.29) is 18.6 Å². The van der Waals surface area contributed by atoms with Crippen LogP contribution in [0.15, 0.2) is 109 Å². The van der Waals surface area contributed by atoms with Gasteiger partial charge in [0, 0.05) is 0 Å². The van der Waals surface area contributed by atoms with Gasteiger partial charge in [-0.1, -0.05) is 112 Å². The molecule has 5 rings (SSSR count). The summed E-state index contributed by atoms with van der Waals surface area (Å²) >= 11 is 4.78. The fourth-order valence-corrected chi connectivity index (χ4v) is 5.61. The molecule has 4 aromatic carbocycles. The van der Waals surface area contributed by atoms with Gasteiger partial charge < -0.3 is 23.7 Å². The summed E-state index contributed by atoms with van der Waals surface area (Å²) < 4.78 is 32.2. The summed E-state index contributed by atoms with van der Waals surface area (Å²) in [5.74, 6) is 0.225. The molecule has 7 heteroatoms. The van der Waals surface area contributed by atoms with Crippen LogP contribution in [-0.4, -0.2) is 42.4 Å². The number of ether oxygens (including phenoxy) is 5. The molecule has 1 aliphatic heterocycles. The van der Waals surface area contributed by atoms with Crippen molar-refractivity contribution < 1.29 is 28.5 Å². The van der Waals surface area contributed by atoms with E-state index in [9.17, 15) is 4.79 Å². The first-order chi connectivity index (χ1) is 21.7. The van der Waals surface area contributed by atoms with E-state index in [0.29, 0.717) is 17.9 Å². The number of carbonyl (C=O) groups is 1. The predicted molar refractivity (Wildman–Crippen MR) is 179 cm³/mol. The molecule has 236 valence electrons. The zero-order chi connectivity index (χ0) is 31.8. The van der Waals surface area contributed by atoms with Gasteiger partial charge in [-0.2, -0.15) is 0 Å². The molecular formula is C38H42O6S. The van der Waals surface area contributed by atoms with Crippen molar-refractivity contribution in [3.8, 4) is 5.75 Å². The van der Waals surface area contributed by atoms with Crippen molar-refractivity contribution in [2.75, 3.05) is 6.61 Å². The molecule has 0 radical (unpaired) electrons. The number of benzene rings is 4. The lowest BCUT2D eigenvalue weighted by atomic mass is 9.86. The van der Waals surface area contributed by atoms with Crippen LogP contribution >= 0.6 is 12.6 Å². The van der Waals surface area contributed by atoms with Gasteiger partial charge in [0.05, 0.1) is 25.4 Å². The Morgan fingerprint density at radius 2 is 1.38 bits per heavy atom. The summed E-state index contributed by atoms with van der Waals surface area (Å²) in [5.41, 5.74) is 3.70. The van der Waals surface area contributed by atoms with E-state index in [1.54, 1.807) is 24.3 Å². The Labute approximate surface area is 272 Å². The van der Waals surface area contributed by atoms with E-state index in [4.69, 9.17) is 36.3 Å². The molecule has 0 aliphatic carbocycles. The lowest BCUT2D eigenvalue weighted by Crippen LogP contribution is -2.61. The lowest BCUT2D eigenvalue weighted by Gasteiger charge is -2.44. The molecule has 0 spiro atoms. The number of carbonyl (C=O) groups excluding carboxylic acids is 1. The van der Waals surface area contributed by atoms with Crippen molar-refractivity contribution in [2.45, 2.75) is 76.2 Å². The molecule has 0 unspecified atom stereocenters. The first kappa shape index (κ1) is 32.8. The fraction of sp³-hybridized carbons (Fsp3) is 0.342. The second kappa shape index (κ2) is 15.1. The molecule has 0 aromatic heterocycles. The van der Waals surface area contributed by atoms with Gasteiger partial charge >= 0.3 is 5.97 Å². The Bertz CT molecular complexity index is 1510. The summed E-state index contributed by atoms with van der Waals surface area (Å²) in [5, 5.41) is 0. The quantitative estimate of drug-likeness (QED) is 0.136. The highest BCUT2D eigenvalue weighted by Gasteiger charge is 2.49. The van der Waals surface area contributed by atoms with E-state index in [0.717, 1.165) is 22.3 Å². The van der Waals surface area contributed by atoms with Crippen molar-refractivity contribution in [3.05, 3.63) is 137 Å². The first-order valence-electron chi connectivity index (χ1n) is 15.3. The highest BCUT2D eigenvalue weighted by molar-refractivity contribution is 7.80. The zero-order valence-corrected chi connectivity index (χ0v) is 27.2. The second-order valence-electron chi connectivity index (χ2n) is 12.4. The maximum Gasteiger partial charge on any atom is 0.338 e. The number of esters is 1. The van der Waals surface area contributed by atoms with Gasteiger partial charge in [-0.3, -0.25) is 0 Å². The zero-order valence-electron chi connectivity index (χ0n) is 26.3. The minimum Gasteiger partial charge on any atom is -0.484 e. The van der Waals surface area contributed by atoms with Gasteiger partial charge in [0.15, 0.2) is 12.2 Å². The Kier molecular flexibility index (Phi) is 11.0. The Morgan fingerprint density at radius 3 is 2.00 bits per heavy atom. The molecule has 6 nitrogen and oxygen atoms in total. The highest BCUT2D eigenvalue weighted by atomic mass is 32.1. The Hall–Kier alpha value is -3.62. The van der Waals surface area contributed by atoms with Gasteiger partial charge in [0.1, 0.15) is 23.4 Å². The minimum atomic E-state index is -0.869. The van der Waals surface area contributed by atoms with Crippen LogP contribution in [0.2, 0.25) is 0 Å². The lowest BCUT2D eigenvalue weighted by molar-refractivity contribution is -0.220.